The van der Waals surface area contributed by atoms with E-state index in [4.69, 9.17) is 11.6 Å². The molecule has 4 heteroatoms. The van der Waals surface area contributed by atoms with E-state index in [0.717, 1.165) is 42.3 Å². The third kappa shape index (κ3) is 4.58. The highest BCUT2D eigenvalue weighted by molar-refractivity contribution is 6.31. The van der Waals surface area contributed by atoms with Crippen molar-refractivity contribution in [1.82, 2.24) is 14.9 Å². The van der Waals surface area contributed by atoms with E-state index in [1.54, 1.807) is 0 Å². The van der Waals surface area contributed by atoms with Crippen LogP contribution in [0.5, 0.6) is 0 Å². The average Bonchev–Trinajstić information content (AvgIpc) is 2.87. The summed E-state index contributed by atoms with van der Waals surface area (Å²) in [7, 11) is 0. The normalized spacial score (nSPS) is 11.3. The van der Waals surface area contributed by atoms with E-state index in [9.17, 15) is 0 Å². The lowest BCUT2D eigenvalue weighted by Crippen LogP contribution is -2.21. The van der Waals surface area contributed by atoms with Crippen LogP contribution in [0.25, 0.3) is 0 Å². The van der Waals surface area contributed by atoms with Gasteiger partial charge in [0.05, 0.1) is 0 Å². The first-order chi connectivity index (χ1) is 10.1. The zero-order valence-electron chi connectivity index (χ0n) is 13.1. The van der Waals surface area contributed by atoms with Gasteiger partial charge in [0.2, 0.25) is 0 Å². The summed E-state index contributed by atoms with van der Waals surface area (Å²) in [4.78, 5) is 4.45. The molecule has 0 amide bonds. The van der Waals surface area contributed by atoms with Crippen molar-refractivity contribution in [3.8, 4) is 0 Å². The van der Waals surface area contributed by atoms with Crippen molar-refractivity contribution in [2.24, 2.45) is 0 Å². The van der Waals surface area contributed by atoms with Crippen molar-refractivity contribution in [2.75, 3.05) is 0 Å². The van der Waals surface area contributed by atoms with E-state index in [0.29, 0.717) is 6.04 Å². The lowest BCUT2D eigenvalue weighted by atomic mass is 10.1. The molecule has 3 nitrogen and oxygen atoms in total. The summed E-state index contributed by atoms with van der Waals surface area (Å²) < 4.78 is 2.20. The lowest BCUT2D eigenvalue weighted by Gasteiger charge is -2.11. The fourth-order valence-corrected chi connectivity index (χ4v) is 2.56. The predicted octanol–water partition coefficient (Wildman–Crippen LogP) is 4.04. The molecule has 0 bridgehead atoms. The van der Waals surface area contributed by atoms with Crippen molar-refractivity contribution >= 4 is 11.6 Å². The highest BCUT2D eigenvalue weighted by Crippen LogP contribution is 2.21. The minimum Gasteiger partial charge on any atom is -0.335 e. The Balaban J connectivity index is 2.08. The van der Waals surface area contributed by atoms with Gasteiger partial charge in [0, 0.05) is 43.0 Å². The molecule has 0 unspecified atom stereocenters. The summed E-state index contributed by atoms with van der Waals surface area (Å²) in [6.45, 7) is 8.31. The zero-order chi connectivity index (χ0) is 15.2. The number of hydrogen-bond acceptors (Lipinski definition) is 2. The number of nitrogens with one attached hydrogen (secondary N) is 1. The van der Waals surface area contributed by atoms with Gasteiger partial charge in [-0.05, 0) is 23.6 Å². The second-order valence-electron chi connectivity index (χ2n) is 5.68. The van der Waals surface area contributed by atoms with E-state index < -0.39 is 0 Å². The van der Waals surface area contributed by atoms with E-state index in [1.165, 1.54) is 5.56 Å². The fraction of sp³-hybridized carbons (Fsp3) is 0.471. The van der Waals surface area contributed by atoms with Crippen LogP contribution in [0, 0.1) is 0 Å². The van der Waals surface area contributed by atoms with Crippen LogP contribution in [-0.4, -0.2) is 15.6 Å². The quantitative estimate of drug-likeness (QED) is 0.837. The smallest absolute Gasteiger partial charge is 0.113 e. The molecule has 0 aliphatic carbocycles. The van der Waals surface area contributed by atoms with E-state index in [-0.39, 0.29) is 0 Å². The lowest BCUT2D eigenvalue weighted by molar-refractivity contribution is 0.589. The second kappa shape index (κ2) is 7.62. The third-order valence-electron chi connectivity index (χ3n) is 3.45. The molecule has 1 heterocycles. The van der Waals surface area contributed by atoms with E-state index in [1.807, 2.05) is 12.4 Å². The molecule has 21 heavy (non-hydrogen) atoms. The summed E-state index contributed by atoms with van der Waals surface area (Å²) in [6, 6.07) is 6.79. The van der Waals surface area contributed by atoms with Crippen LogP contribution in [0.1, 0.15) is 44.1 Å². The molecule has 0 spiro atoms. The Morgan fingerprint density at radius 1 is 1.33 bits per heavy atom. The van der Waals surface area contributed by atoms with Crippen LogP contribution in [0.2, 0.25) is 5.02 Å². The standard InChI is InChI=1S/C17H24ClN3/c1-4-8-21-9-7-19-17(21)11-15-6-5-14(10-16(15)18)12-20-13(2)3/h5-7,9-10,13,20H,4,8,11-12H2,1-3H3. The van der Waals surface area contributed by atoms with E-state index >= 15 is 0 Å². The number of imidazole rings is 1. The number of aromatic nitrogens is 2. The van der Waals surface area contributed by atoms with Crippen LogP contribution in [0.15, 0.2) is 30.6 Å². The Morgan fingerprint density at radius 2 is 2.14 bits per heavy atom. The third-order valence-corrected chi connectivity index (χ3v) is 3.80. The Hall–Kier alpha value is -1.32. The largest absolute Gasteiger partial charge is 0.335 e. The molecular weight excluding hydrogens is 282 g/mol. The monoisotopic (exact) mass is 305 g/mol. The Labute approximate surface area is 132 Å². The van der Waals surface area contributed by atoms with Crippen LogP contribution < -0.4 is 5.32 Å². The van der Waals surface area contributed by atoms with Gasteiger partial charge in [-0.25, -0.2) is 4.98 Å². The SMILES string of the molecule is CCCn1ccnc1Cc1ccc(CNC(C)C)cc1Cl. The molecule has 0 fully saturated rings. The maximum atomic E-state index is 6.43. The molecule has 1 aromatic carbocycles. The topological polar surface area (TPSA) is 29.9 Å². The zero-order valence-corrected chi connectivity index (χ0v) is 13.8. The maximum absolute atomic E-state index is 6.43. The molecule has 1 aromatic heterocycles. The summed E-state index contributed by atoms with van der Waals surface area (Å²) in [5, 5.41) is 4.23. The minimum atomic E-state index is 0.477. The van der Waals surface area contributed by atoms with Gasteiger partial charge in [0.15, 0.2) is 0 Å². The van der Waals surface area contributed by atoms with Gasteiger partial charge < -0.3 is 9.88 Å². The van der Waals surface area contributed by atoms with Gasteiger partial charge in [-0.15, -0.1) is 0 Å². The van der Waals surface area contributed by atoms with Crippen LogP contribution >= 0.6 is 11.6 Å². The first-order valence-corrected chi connectivity index (χ1v) is 7.98. The Morgan fingerprint density at radius 3 is 2.81 bits per heavy atom. The molecule has 0 radical (unpaired) electrons. The van der Waals surface area contributed by atoms with Crippen molar-refractivity contribution in [3.63, 3.8) is 0 Å². The van der Waals surface area contributed by atoms with Crippen molar-refractivity contribution < 1.29 is 0 Å². The van der Waals surface area contributed by atoms with Crippen molar-refractivity contribution in [2.45, 2.75) is 52.7 Å². The van der Waals surface area contributed by atoms with Crippen LogP contribution in [0.3, 0.4) is 0 Å². The van der Waals surface area contributed by atoms with Gasteiger partial charge in [0.1, 0.15) is 5.82 Å². The Kier molecular flexibility index (Phi) is 5.83. The average molecular weight is 306 g/mol. The molecule has 0 saturated heterocycles. The summed E-state index contributed by atoms with van der Waals surface area (Å²) >= 11 is 6.43. The maximum Gasteiger partial charge on any atom is 0.113 e. The van der Waals surface area contributed by atoms with Gasteiger partial charge >= 0.3 is 0 Å². The number of halogens is 1. The Bertz CT molecular complexity index is 575. The van der Waals surface area contributed by atoms with Crippen molar-refractivity contribution in [1.29, 1.82) is 0 Å². The van der Waals surface area contributed by atoms with Crippen molar-refractivity contribution in [3.05, 3.63) is 52.6 Å². The predicted molar refractivity (Wildman–Crippen MR) is 88.8 cm³/mol. The summed E-state index contributed by atoms with van der Waals surface area (Å²) in [5.74, 6) is 1.08. The molecule has 2 aromatic rings. The molecule has 0 aliphatic heterocycles. The van der Waals surface area contributed by atoms with Gasteiger partial charge in [0.25, 0.3) is 0 Å². The summed E-state index contributed by atoms with van der Waals surface area (Å²) in [6.07, 6.45) is 5.79. The van der Waals surface area contributed by atoms with Gasteiger partial charge in [-0.3, -0.25) is 0 Å². The number of hydrogen-bond donors (Lipinski definition) is 1. The highest BCUT2D eigenvalue weighted by Gasteiger charge is 2.08. The van der Waals surface area contributed by atoms with Gasteiger partial charge in [-0.1, -0.05) is 44.5 Å². The van der Waals surface area contributed by atoms with Gasteiger partial charge in [-0.2, -0.15) is 0 Å². The van der Waals surface area contributed by atoms with E-state index in [2.05, 4.69) is 53.8 Å². The second-order valence-corrected chi connectivity index (χ2v) is 6.08. The van der Waals surface area contributed by atoms with Crippen LogP contribution in [-0.2, 0) is 19.5 Å². The number of nitrogens with zero attached hydrogens (tertiary/aromatic N) is 2. The molecule has 1 N–H and O–H groups in total. The number of benzene rings is 1. The molecular formula is C17H24ClN3. The van der Waals surface area contributed by atoms with Crippen LogP contribution in [0.4, 0.5) is 0 Å². The molecule has 2 rings (SSSR count). The first-order valence-electron chi connectivity index (χ1n) is 7.60. The summed E-state index contributed by atoms with van der Waals surface area (Å²) in [5.41, 5.74) is 2.35. The number of aryl methyl sites for hydroxylation is 1. The molecule has 0 atom stereocenters. The fourth-order valence-electron chi connectivity index (χ4n) is 2.29. The number of rotatable bonds is 7. The minimum absolute atomic E-state index is 0.477. The molecule has 0 saturated carbocycles. The first kappa shape index (κ1) is 16.1. The molecule has 0 aliphatic rings. The molecule has 114 valence electrons. The highest BCUT2D eigenvalue weighted by atomic mass is 35.5.